The minimum Gasteiger partial charge on any atom is -0.387 e. The highest BCUT2D eigenvalue weighted by Gasteiger charge is 2.38. The minimum atomic E-state index is -3.71. The molecule has 1 aliphatic rings. The van der Waals surface area contributed by atoms with Crippen molar-refractivity contribution in [2.75, 3.05) is 25.2 Å². The van der Waals surface area contributed by atoms with E-state index >= 15 is 0 Å². The Morgan fingerprint density at radius 2 is 1.86 bits per heavy atom. The molecule has 1 aromatic rings. The molecule has 118 valence electrons. The van der Waals surface area contributed by atoms with Gasteiger partial charge in [0.15, 0.2) is 9.84 Å². The first-order valence-corrected chi connectivity index (χ1v) is 10.1. The van der Waals surface area contributed by atoms with Crippen LogP contribution in [0.3, 0.4) is 0 Å². The Hall–Kier alpha value is -1.12. The predicted octanol–water partition coefficient (Wildman–Crippen LogP) is 1.30. The van der Waals surface area contributed by atoms with Gasteiger partial charge in [0.25, 0.3) is 0 Å². The number of nitrogens with one attached hydrogen (secondary N) is 1. The van der Waals surface area contributed by atoms with Gasteiger partial charge in [0.2, 0.25) is 10.0 Å². The summed E-state index contributed by atoms with van der Waals surface area (Å²) < 4.78 is 50.4. The van der Waals surface area contributed by atoms with Gasteiger partial charge in [-0.2, -0.15) is 4.31 Å². The van der Waals surface area contributed by atoms with Crippen molar-refractivity contribution in [3.8, 4) is 0 Å². The fourth-order valence-electron chi connectivity index (χ4n) is 2.27. The molecule has 0 spiro atoms. The van der Waals surface area contributed by atoms with Gasteiger partial charge < -0.3 is 5.32 Å². The average Bonchev–Trinajstić information content (AvgIpc) is 3.22. The van der Waals surface area contributed by atoms with E-state index in [1.807, 2.05) is 0 Å². The molecule has 2 rings (SSSR count). The van der Waals surface area contributed by atoms with Crippen molar-refractivity contribution in [2.45, 2.75) is 35.6 Å². The first-order chi connectivity index (χ1) is 9.71. The lowest BCUT2D eigenvalue weighted by molar-refractivity contribution is 0.421. The Kier molecular flexibility index (Phi) is 4.32. The molecule has 6 nitrogen and oxygen atoms in total. The number of anilines is 1. The topological polar surface area (TPSA) is 83.6 Å². The van der Waals surface area contributed by atoms with Crippen LogP contribution < -0.4 is 5.32 Å². The summed E-state index contributed by atoms with van der Waals surface area (Å²) in [5, 5.41) is 2.82. The molecule has 0 unspecified atom stereocenters. The summed E-state index contributed by atoms with van der Waals surface area (Å²) in [6.07, 6.45) is 2.78. The maximum absolute atomic E-state index is 12.8. The minimum absolute atomic E-state index is 0.00641. The molecule has 0 atom stereocenters. The number of sulfonamides is 1. The molecule has 0 aromatic heterocycles. The molecular formula is C13H20N2O4S2. The maximum Gasteiger partial charge on any atom is 0.245 e. The summed E-state index contributed by atoms with van der Waals surface area (Å²) in [6.45, 7) is 2.16. The highest BCUT2D eigenvalue weighted by Crippen LogP contribution is 2.34. The highest BCUT2D eigenvalue weighted by atomic mass is 32.2. The van der Waals surface area contributed by atoms with Gasteiger partial charge in [-0.15, -0.1) is 0 Å². The standard InChI is InChI=1S/C13H20N2O4S2/c1-4-15(10-5-6-10)21(18,19)13-9-11(20(3,16)17)7-8-12(13)14-2/h7-10,14H,4-6H2,1-3H3. The van der Waals surface area contributed by atoms with Gasteiger partial charge in [-0.3, -0.25) is 0 Å². The van der Waals surface area contributed by atoms with E-state index in [1.165, 1.54) is 22.5 Å². The van der Waals surface area contributed by atoms with E-state index in [9.17, 15) is 16.8 Å². The summed E-state index contributed by atoms with van der Waals surface area (Å²) >= 11 is 0. The van der Waals surface area contributed by atoms with Crippen LogP contribution in [0.5, 0.6) is 0 Å². The van der Waals surface area contributed by atoms with Crippen LogP contribution in [0.2, 0.25) is 0 Å². The Bertz CT molecular complexity index is 737. The van der Waals surface area contributed by atoms with E-state index in [-0.39, 0.29) is 15.8 Å². The summed E-state index contributed by atoms with van der Waals surface area (Å²) in [6, 6.07) is 4.17. The van der Waals surface area contributed by atoms with Crippen LogP contribution in [0, 0.1) is 0 Å². The van der Waals surface area contributed by atoms with Gasteiger partial charge in [-0.05, 0) is 31.0 Å². The molecule has 21 heavy (non-hydrogen) atoms. The smallest absolute Gasteiger partial charge is 0.245 e. The molecule has 0 bridgehead atoms. The normalized spacial score (nSPS) is 16.2. The molecule has 1 aliphatic carbocycles. The third-order valence-electron chi connectivity index (χ3n) is 3.50. The first kappa shape index (κ1) is 16.3. The van der Waals surface area contributed by atoms with Gasteiger partial charge in [-0.1, -0.05) is 6.92 Å². The van der Waals surface area contributed by atoms with E-state index < -0.39 is 19.9 Å². The average molecular weight is 332 g/mol. The second-order valence-electron chi connectivity index (χ2n) is 5.12. The van der Waals surface area contributed by atoms with E-state index in [2.05, 4.69) is 5.32 Å². The Labute approximate surface area is 126 Å². The molecule has 8 heteroatoms. The maximum atomic E-state index is 12.8. The summed E-state index contributed by atoms with van der Waals surface area (Å²) in [5.41, 5.74) is 0.404. The lowest BCUT2D eigenvalue weighted by atomic mass is 10.3. The molecule has 0 radical (unpaired) electrons. The number of rotatable bonds is 6. The zero-order chi connectivity index (χ0) is 15.8. The predicted molar refractivity (Wildman–Crippen MR) is 81.7 cm³/mol. The number of sulfone groups is 1. The van der Waals surface area contributed by atoms with Crippen molar-refractivity contribution in [3.63, 3.8) is 0 Å². The van der Waals surface area contributed by atoms with E-state index in [0.29, 0.717) is 12.2 Å². The molecule has 0 heterocycles. The molecule has 0 amide bonds. The van der Waals surface area contributed by atoms with E-state index in [1.54, 1.807) is 14.0 Å². The molecule has 1 N–H and O–H groups in total. The van der Waals surface area contributed by atoms with Gasteiger partial charge >= 0.3 is 0 Å². The summed E-state index contributed by atoms with van der Waals surface area (Å²) in [4.78, 5) is 0.0219. The third-order valence-corrected chi connectivity index (χ3v) is 6.68. The molecule has 1 aromatic carbocycles. The van der Waals surface area contributed by atoms with Crippen molar-refractivity contribution in [1.82, 2.24) is 4.31 Å². The van der Waals surface area contributed by atoms with Gasteiger partial charge in [0, 0.05) is 25.9 Å². The SMILES string of the molecule is CCN(C1CC1)S(=O)(=O)c1cc(S(C)(=O)=O)ccc1NC. The second-order valence-corrected chi connectivity index (χ2v) is 8.99. The molecule has 0 saturated heterocycles. The van der Waals surface area contributed by atoms with Crippen LogP contribution >= 0.6 is 0 Å². The summed E-state index contributed by atoms with van der Waals surface area (Å²) in [5.74, 6) is 0. The second kappa shape index (κ2) is 5.58. The van der Waals surface area contributed by atoms with Crippen LogP contribution in [0.15, 0.2) is 28.0 Å². The quantitative estimate of drug-likeness (QED) is 0.849. The number of hydrogen-bond donors (Lipinski definition) is 1. The summed E-state index contributed by atoms with van der Waals surface area (Å²) in [7, 11) is -5.55. The van der Waals surface area contributed by atoms with Gasteiger partial charge in [0.1, 0.15) is 4.90 Å². The van der Waals surface area contributed by atoms with Crippen LogP contribution in [0.1, 0.15) is 19.8 Å². The van der Waals surface area contributed by atoms with Crippen LogP contribution in [-0.2, 0) is 19.9 Å². The van der Waals surface area contributed by atoms with Crippen molar-refractivity contribution < 1.29 is 16.8 Å². The molecule has 1 fully saturated rings. The zero-order valence-electron chi connectivity index (χ0n) is 12.3. The Balaban J connectivity index is 2.60. The van der Waals surface area contributed by atoms with E-state index in [4.69, 9.17) is 0 Å². The molecule has 1 saturated carbocycles. The highest BCUT2D eigenvalue weighted by molar-refractivity contribution is 7.91. The number of hydrogen-bond acceptors (Lipinski definition) is 5. The number of nitrogens with zero attached hydrogens (tertiary/aromatic N) is 1. The van der Waals surface area contributed by atoms with Crippen LogP contribution in [0.4, 0.5) is 5.69 Å². The Morgan fingerprint density at radius 1 is 1.24 bits per heavy atom. The largest absolute Gasteiger partial charge is 0.387 e. The van der Waals surface area contributed by atoms with Gasteiger partial charge in [0.05, 0.1) is 10.6 Å². The first-order valence-electron chi connectivity index (χ1n) is 6.75. The monoisotopic (exact) mass is 332 g/mol. The Morgan fingerprint density at radius 3 is 2.29 bits per heavy atom. The van der Waals surface area contributed by atoms with Crippen molar-refractivity contribution in [1.29, 1.82) is 0 Å². The van der Waals surface area contributed by atoms with Gasteiger partial charge in [-0.25, -0.2) is 16.8 Å². The lowest BCUT2D eigenvalue weighted by Gasteiger charge is -2.22. The fourth-order valence-corrected chi connectivity index (χ4v) is 4.91. The van der Waals surface area contributed by atoms with Crippen LogP contribution in [-0.4, -0.2) is 47.0 Å². The van der Waals surface area contributed by atoms with E-state index in [0.717, 1.165) is 19.1 Å². The van der Waals surface area contributed by atoms with Crippen molar-refractivity contribution in [2.24, 2.45) is 0 Å². The number of benzene rings is 1. The van der Waals surface area contributed by atoms with Crippen molar-refractivity contribution in [3.05, 3.63) is 18.2 Å². The third kappa shape index (κ3) is 3.22. The lowest BCUT2D eigenvalue weighted by Crippen LogP contribution is -2.33. The zero-order valence-corrected chi connectivity index (χ0v) is 14.0. The van der Waals surface area contributed by atoms with Crippen molar-refractivity contribution >= 4 is 25.5 Å². The fraction of sp³-hybridized carbons (Fsp3) is 0.538. The molecular weight excluding hydrogens is 312 g/mol. The van der Waals surface area contributed by atoms with Crippen LogP contribution in [0.25, 0.3) is 0 Å². The molecule has 0 aliphatic heterocycles.